The SMILES string of the molecule is CC(C)NC(=O)C(C)C1CCC2(C)CCC(NC(=O)c3cccc(F)c3)C(C)C2C1O. The van der Waals surface area contributed by atoms with Gasteiger partial charge in [0.15, 0.2) is 0 Å². The first-order valence-corrected chi connectivity index (χ1v) is 11.6. The highest BCUT2D eigenvalue weighted by molar-refractivity contribution is 5.94. The highest BCUT2D eigenvalue weighted by atomic mass is 19.1. The molecule has 2 saturated carbocycles. The maximum absolute atomic E-state index is 13.5. The van der Waals surface area contributed by atoms with Crippen molar-refractivity contribution < 1.29 is 19.1 Å². The summed E-state index contributed by atoms with van der Waals surface area (Å²) < 4.78 is 13.5. The number of aliphatic hydroxyl groups excluding tert-OH is 1. The van der Waals surface area contributed by atoms with Gasteiger partial charge in [-0.25, -0.2) is 4.39 Å². The quantitative estimate of drug-likeness (QED) is 0.660. The first-order chi connectivity index (χ1) is 14.5. The number of amides is 2. The summed E-state index contributed by atoms with van der Waals surface area (Å²) in [4.78, 5) is 25.3. The standard InChI is InChI=1S/C25H37FN2O3/c1-14(2)27-23(30)15(3)19-9-11-25(5)12-10-20(16(4)21(25)22(19)29)28-24(31)17-7-6-8-18(26)13-17/h6-8,13-16,19-22,29H,9-12H2,1-5H3,(H,27,30)(H,28,31). The maximum Gasteiger partial charge on any atom is 0.251 e. The zero-order valence-electron chi connectivity index (χ0n) is 19.3. The minimum Gasteiger partial charge on any atom is -0.392 e. The van der Waals surface area contributed by atoms with Crippen molar-refractivity contribution in [3.05, 3.63) is 35.6 Å². The molecule has 2 fully saturated rings. The molecule has 7 atom stereocenters. The van der Waals surface area contributed by atoms with E-state index in [1.165, 1.54) is 18.2 Å². The van der Waals surface area contributed by atoms with E-state index in [4.69, 9.17) is 0 Å². The topological polar surface area (TPSA) is 78.4 Å². The lowest BCUT2D eigenvalue weighted by molar-refractivity contribution is -0.142. The summed E-state index contributed by atoms with van der Waals surface area (Å²) in [6, 6.07) is 5.67. The molecular formula is C25H37FN2O3. The zero-order chi connectivity index (χ0) is 22.9. The Morgan fingerprint density at radius 1 is 1.19 bits per heavy atom. The molecule has 2 aliphatic carbocycles. The number of rotatable bonds is 5. The lowest BCUT2D eigenvalue weighted by atomic mass is 9.51. The number of halogens is 1. The molecule has 0 radical (unpaired) electrons. The van der Waals surface area contributed by atoms with Crippen LogP contribution >= 0.6 is 0 Å². The van der Waals surface area contributed by atoms with Crippen molar-refractivity contribution in [1.29, 1.82) is 0 Å². The summed E-state index contributed by atoms with van der Waals surface area (Å²) in [7, 11) is 0. The average molecular weight is 433 g/mol. The van der Waals surface area contributed by atoms with Crippen molar-refractivity contribution in [3.63, 3.8) is 0 Å². The average Bonchev–Trinajstić information content (AvgIpc) is 2.69. The van der Waals surface area contributed by atoms with Crippen LogP contribution in [0.2, 0.25) is 0 Å². The first-order valence-electron chi connectivity index (χ1n) is 11.6. The van der Waals surface area contributed by atoms with Gasteiger partial charge in [-0.05, 0) is 80.9 Å². The van der Waals surface area contributed by atoms with Crippen molar-refractivity contribution in [2.45, 2.75) is 78.5 Å². The van der Waals surface area contributed by atoms with Crippen molar-refractivity contribution in [2.24, 2.45) is 29.1 Å². The van der Waals surface area contributed by atoms with Crippen LogP contribution in [-0.4, -0.2) is 35.1 Å². The van der Waals surface area contributed by atoms with Gasteiger partial charge in [-0.1, -0.05) is 26.8 Å². The maximum atomic E-state index is 13.5. The van der Waals surface area contributed by atoms with Crippen LogP contribution in [-0.2, 0) is 4.79 Å². The number of fused-ring (bicyclic) bond motifs is 1. The molecule has 1 aromatic rings. The second-order valence-electron chi connectivity index (χ2n) is 10.3. The molecule has 5 nitrogen and oxygen atoms in total. The summed E-state index contributed by atoms with van der Waals surface area (Å²) in [5, 5.41) is 17.5. The molecule has 2 aliphatic rings. The molecule has 6 heteroatoms. The van der Waals surface area contributed by atoms with Gasteiger partial charge in [0, 0.05) is 23.6 Å². The van der Waals surface area contributed by atoms with Gasteiger partial charge < -0.3 is 15.7 Å². The van der Waals surface area contributed by atoms with E-state index in [1.807, 2.05) is 20.8 Å². The molecule has 7 unspecified atom stereocenters. The fraction of sp³-hybridized carbons (Fsp3) is 0.680. The van der Waals surface area contributed by atoms with Gasteiger partial charge in [-0.3, -0.25) is 9.59 Å². The van der Waals surface area contributed by atoms with Gasteiger partial charge in [0.25, 0.3) is 5.91 Å². The van der Waals surface area contributed by atoms with Crippen LogP contribution in [0.15, 0.2) is 24.3 Å². The molecule has 1 aromatic carbocycles. The fourth-order valence-corrected chi connectivity index (χ4v) is 5.99. The Hall–Kier alpha value is -1.95. The van der Waals surface area contributed by atoms with Crippen LogP contribution in [0.1, 0.15) is 70.7 Å². The number of hydrogen-bond acceptors (Lipinski definition) is 3. The Morgan fingerprint density at radius 2 is 1.87 bits per heavy atom. The smallest absolute Gasteiger partial charge is 0.251 e. The van der Waals surface area contributed by atoms with E-state index < -0.39 is 11.9 Å². The van der Waals surface area contributed by atoms with Crippen LogP contribution in [0.25, 0.3) is 0 Å². The van der Waals surface area contributed by atoms with Gasteiger partial charge in [0.05, 0.1) is 6.10 Å². The van der Waals surface area contributed by atoms with E-state index in [9.17, 15) is 19.1 Å². The number of aliphatic hydroxyl groups is 1. The molecule has 172 valence electrons. The largest absolute Gasteiger partial charge is 0.392 e. The second kappa shape index (κ2) is 9.27. The molecule has 0 aliphatic heterocycles. The molecule has 3 N–H and O–H groups in total. The predicted octanol–water partition coefficient (Wildman–Crippen LogP) is 3.91. The van der Waals surface area contributed by atoms with E-state index in [1.54, 1.807) is 6.07 Å². The van der Waals surface area contributed by atoms with Crippen molar-refractivity contribution in [2.75, 3.05) is 0 Å². The lowest BCUT2D eigenvalue weighted by Crippen LogP contribution is -2.58. The zero-order valence-corrected chi connectivity index (χ0v) is 19.3. The van der Waals surface area contributed by atoms with Gasteiger partial charge in [0.2, 0.25) is 5.91 Å². The monoisotopic (exact) mass is 432 g/mol. The van der Waals surface area contributed by atoms with E-state index in [2.05, 4.69) is 24.5 Å². The summed E-state index contributed by atoms with van der Waals surface area (Å²) in [6.07, 6.45) is 2.93. The molecule has 3 rings (SSSR count). The number of carbonyl (C=O) groups excluding carboxylic acids is 2. The first kappa shape index (κ1) is 23.7. The van der Waals surface area contributed by atoms with E-state index in [0.717, 1.165) is 25.7 Å². The Morgan fingerprint density at radius 3 is 2.52 bits per heavy atom. The van der Waals surface area contributed by atoms with Gasteiger partial charge in [0.1, 0.15) is 5.82 Å². The van der Waals surface area contributed by atoms with Gasteiger partial charge >= 0.3 is 0 Å². The second-order valence-corrected chi connectivity index (χ2v) is 10.3. The van der Waals surface area contributed by atoms with Crippen LogP contribution in [0, 0.1) is 34.9 Å². The molecule has 0 aromatic heterocycles. The van der Waals surface area contributed by atoms with E-state index in [0.29, 0.717) is 5.56 Å². The number of nitrogens with one attached hydrogen (secondary N) is 2. The summed E-state index contributed by atoms with van der Waals surface area (Å²) >= 11 is 0. The molecular weight excluding hydrogens is 395 g/mol. The van der Waals surface area contributed by atoms with E-state index >= 15 is 0 Å². The molecule has 0 spiro atoms. The Bertz CT molecular complexity index is 814. The molecule has 2 amide bonds. The van der Waals surface area contributed by atoms with Crippen LogP contribution in [0.5, 0.6) is 0 Å². The Kier molecular flexibility index (Phi) is 7.09. The summed E-state index contributed by atoms with van der Waals surface area (Å²) in [5.74, 6) is -1.06. The van der Waals surface area contributed by atoms with Crippen molar-refractivity contribution in [1.82, 2.24) is 10.6 Å². The third kappa shape index (κ3) is 4.94. The highest BCUT2D eigenvalue weighted by Gasteiger charge is 2.53. The van der Waals surface area contributed by atoms with Crippen LogP contribution in [0.4, 0.5) is 4.39 Å². The summed E-state index contributed by atoms with van der Waals surface area (Å²) in [5.41, 5.74) is 0.297. The van der Waals surface area contributed by atoms with Crippen LogP contribution < -0.4 is 10.6 Å². The molecule has 0 saturated heterocycles. The van der Waals surface area contributed by atoms with Crippen LogP contribution in [0.3, 0.4) is 0 Å². The van der Waals surface area contributed by atoms with Crippen molar-refractivity contribution >= 4 is 11.8 Å². The number of carbonyl (C=O) groups is 2. The van der Waals surface area contributed by atoms with Gasteiger partial charge in [-0.2, -0.15) is 0 Å². The van der Waals surface area contributed by atoms with Gasteiger partial charge in [-0.15, -0.1) is 0 Å². The van der Waals surface area contributed by atoms with Crippen molar-refractivity contribution in [3.8, 4) is 0 Å². The lowest BCUT2D eigenvalue weighted by Gasteiger charge is -2.56. The molecule has 0 bridgehead atoms. The fourth-order valence-electron chi connectivity index (χ4n) is 5.99. The highest BCUT2D eigenvalue weighted by Crippen LogP contribution is 2.55. The minimum absolute atomic E-state index is 0.00731. The third-order valence-corrected chi connectivity index (χ3v) is 7.78. The Labute approximate surface area is 185 Å². The molecule has 0 heterocycles. The number of benzene rings is 1. The molecule has 31 heavy (non-hydrogen) atoms. The van der Waals surface area contributed by atoms with E-state index in [-0.39, 0.29) is 53.0 Å². The minimum atomic E-state index is -0.601. The summed E-state index contributed by atoms with van der Waals surface area (Å²) in [6.45, 7) is 10.1. The number of hydrogen-bond donors (Lipinski definition) is 3. The third-order valence-electron chi connectivity index (χ3n) is 7.78. The Balaban J connectivity index is 1.74. The predicted molar refractivity (Wildman–Crippen MR) is 119 cm³/mol. The normalized spacial score (nSPS) is 34.0.